The van der Waals surface area contributed by atoms with E-state index in [1.165, 1.54) is 5.56 Å². The molecular formula is C12H16N4. The van der Waals surface area contributed by atoms with Crippen LogP contribution >= 0.6 is 0 Å². The maximum atomic E-state index is 5.71. The van der Waals surface area contributed by atoms with E-state index in [1.54, 1.807) is 0 Å². The molecule has 0 saturated heterocycles. The van der Waals surface area contributed by atoms with Gasteiger partial charge < -0.3 is 11.1 Å². The maximum Gasteiger partial charge on any atom is 0.0643 e. The third-order valence-corrected chi connectivity index (χ3v) is 2.48. The Kier molecular flexibility index (Phi) is 2.81. The molecule has 0 radical (unpaired) electrons. The van der Waals surface area contributed by atoms with E-state index < -0.39 is 0 Å². The van der Waals surface area contributed by atoms with Crippen LogP contribution in [-0.4, -0.2) is 9.78 Å². The molecule has 0 amide bonds. The van der Waals surface area contributed by atoms with Crippen molar-refractivity contribution >= 4 is 11.4 Å². The molecule has 4 nitrogen and oxygen atoms in total. The minimum atomic E-state index is 0.767. The molecule has 1 aromatic heterocycles. The summed E-state index contributed by atoms with van der Waals surface area (Å²) in [4.78, 5) is 0. The van der Waals surface area contributed by atoms with Gasteiger partial charge in [0.2, 0.25) is 0 Å². The van der Waals surface area contributed by atoms with Crippen LogP contribution < -0.4 is 11.1 Å². The van der Waals surface area contributed by atoms with E-state index in [2.05, 4.69) is 10.4 Å². The Hall–Kier alpha value is -1.97. The van der Waals surface area contributed by atoms with E-state index in [0.717, 1.165) is 23.6 Å². The van der Waals surface area contributed by atoms with Crippen molar-refractivity contribution in [2.24, 2.45) is 7.05 Å². The zero-order valence-electron chi connectivity index (χ0n) is 9.57. The van der Waals surface area contributed by atoms with E-state index in [-0.39, 0.29) is 0 Å². The lowest BCUT2D eigenvalue weighted by molar-refractivity contribution is 0.756. The van der Waals surface area contributed by atoms with Gasteiger partial charge in [-0.2, -0.15) is 5.10 Å². The quantitative estimate of drug-likeness (QED) is 0.771. The van der Waals surface area contributed by atoms with Crippen LogP contribution in [0.15, 0.2) is 30.5 Å². The van der Waals surface area contributed by atoms with Crippen LogP contribution in [0.5, 0.6) is 0 Å². The second-order valence-corrected chi connectivity index (χ2v) is 3.89. The first kappa shape index (κ1) is 10.5. The summed E-state index contributed by atoms with van der Waals surface area (Å²) in [5.41, 5.74) is 9.76. The first-order chi connectivity index (χ1) is 7.65. The van der Waals surface area contributed by atoms with Gasteiger partial charge in [-0.3, -0.25) is 4.68 Å². The van der Waals surface area contributed by atoms with Crippen molar-refractivity contribution in [2.45, 2.75) is 13.5 Å². The molecule has 1 aromatic carbocycles. The highest BCUT2D eigenvalue weighted by molar-refractivity contribution is 5.54. The number of anilines is 2. The van der Waals surface area contributed by atoms with Crippen LogP contribution in [0.2, 0.25) is 0 Å². The normalized spacial score (nSPS) is 10.4. The van der Waals surface area contributed by atoms with Gasteiger partial charge in [-0.05, 0) is 25.1 Å². The van der Waals surface area contributed by atoms with Crippen molar-refractivity contribution < 1.29 is 0 Å². The van der Waals surface area contributed by atoms with Crippen molar-refractivity contribution in [1.29, 1.82) is 0 Å². The molecule has 1 heterocycles. The fraction of sp³-hybridized carbons (Fsp3) is 0.250. The summed E-state index contributed by atoms with van der Waals surface area (Å²) < 4.78 is 1.83. The molecule has 0 fully saturated rings. The predicted octanol–water partition coefficient (Wildman–Crippen LogP) is 1.92. The van der Waals surface area contributed by atoms with Gasteiger partial charge in [-0.25, -0.2) is 0 Å². The largest absolute Gasteiger partial charge is 0.399 e. The number of nitrogen functional groups attached to an aromatic ring is 1. The standard InChI is InChI=1S/C12H16N4/c1-9-10(8-16(2)15-9)7-14-12-5-3-4-11(13)6-12/h3-6,8,14H,7,13H2,1-2H3. The Balaban J connectivity index is 2.05. The highest BCUT2D eigenvalue weighted by atomic mass is 15.2. The summed E-state index contributed by atoms with van der Waals surface area (Å²) in [5.74, 6) is 0. The van der Waals surface area contributed by atoms with Crippen LogP contribution in [0.1, 0.15) is 11.3 Å². The molecule has 0 aliphatic heterocycles. The number of benzene rings is 1. The van der Waals surface area contributed by atoms with Gasteiger partial charge in [0.1, 0.15) is 0 Å². The number of nitrogens with one attached hydrogen (secondary N) is 1. The van der Waals surface area contributed by atoms with Gasteiger partial charge in [0.25, 0.3) is 0 Å². The van der Waals surface area contributed by atoms with Crippen LogP contribution in [0.4, 0.5) is 11.4 Å². The maximum absolute atomic E-state index is 5.71. The minimum Gasteiger partial charge on any atom is -0.399 e. The van der Waals surface area contributed by atoms with E-state index in [1.807, 2.05) is 49.1 Å². The summed E-state index contributed by atoms with van der Waals surface area (Å²) in [7, 11) is 1.93. The smallest absolute Gasteiger partial charge is 0.0643 e. The summed E-state index contributed by atoms with van der Waals surface area (Å²) in [5, 5.41) is 7.62. The first-order valence-corrected chi connectivity index (χ1v) is 5.23. The number of aromatic nitrogens is 2. The van der Waals surface area contributed by atoms with Crippen LogP contribution in [0, 0.1) is 6.92 Å². The molecule has 2 aromatic rings. The first-order valence-electron chi connectivity index (χ1n) is 5.23. The van der Waals surface area contributed by atoms with E-state index in [4.69, 9.17) is 5.73 Å². The lowest BCUT2D eigenvalue weighted by Crippen LogP contribution is -2.00. The Labute approximate surface area is 95.1 Å². The minimum absolute atomic E-state index is 0.767. The SMILES string of the molecule is Cc1nn(C)cc1CNc1cccc(N)c1. The number of hydrogen-bond acceptors (Lipinski definition) is 3. The Bertz CT molecular complexity index is 488. The van der Waals surface area contributed by atoms with Crippen molar-refractivity contribution in [1.82, 2.24) is 9.78 Å². The Morgan fingerprint density at radius 2 is 2.25 bits per heavy atom. The lowest BCUT2D eigenvalue weighted by atomic mass is 10.2. The average molecular weight is 216 g/mol. The van der Waals surface area contributed by atoms with Crippen molar-refractivity contribution in [2.75, 3.05) is 11.1 Å². The number of nitrogens with two attached hydrogens (primary N) is 1. The summed E-state index contributed by atoms with van der Waals surface area (Å²) >= 11 is 0. The molecule has 0 aliphatic rings. The Morgan fingerprint density at radius 3 is 2.88 bits per heavy atom. The fourth-order valence-corrected chi connectivity index (χ4v) is 1.67. The lowest BCUT2D eigenvalue weighted by Gasteiger charge is -2.05. The average Bonchev–Trinajstić information content (AvgIpc) is 2.54. The molecule has 0 atom stereocenters. The van der Waals surface area contributed by atoms with Crippen molar-refractivity contribution in [3.63, 3.8) is 0 Å². The summed E-state index contributed by atoms with van der Waals surface area (Å²) in [6, 6.07) is 7.74. The van der Waals surface area contributed by atoms with Gasteiger partial charge >= 0.3 is 0 Å². The number of aryl methyl sites for hydroxylation is 2. The number of nitrogens with zero attached hydrogens (tertiary/aromatic N) is 2. The molecule has 4 heteroatoms. The monoisotopic (exact) mass is 216 g/mol. The van der Waals surface area contributed by atoms with Gasteiger partial charge in [-0.15, -0.1) is 0 Å². The van der Waals surface area contributed by atoms with E-state index in [0.29, 0.717) is 0 Å². The number of hydrogen-bond donors (Lipinski definition) is 2. The second kappa shape index (κ2) is 4.26. The van der Waals surface area contributed by atoms with Crippen LogP contribution in [0.3, 0.4) is 0 Å². The van der Waals surface area contributed by atoms with Crippen LogP contribution in [-0.2, 0) is 13.6 Å². The summed E-state index contributed by atoms with van der Waals surface area (Å²) in [6.07, 6.45) is 2.02. The summed E-state index contributed by atoms with van der Waals surface area (Å²) in [6.45, 7) is 2.78. The predicted molar refractivity (Wildman–Crippen MR) is 66.1 cm³/mol. The molecule has 0 spiro atoms. The van der Waals surface area contributed by atoms with Gasteiger partial charge in [-0.1, -0.05) is 6.07 Å². The molecule has 0 aliphatic carbocycles. The van der Waals surface area contributed by atoms with Crippen molar-refractivity contribution in [3.8, 4) is 0 Å². The Morgan fingerprint density at radius 1 is 1.44 bits per heavy atom. The van der Waals surface area contributed by atoms with Gasteiger partial charge in [0.15, 0.2) is 0 Å². The third-order valence-electron chi connectivity index (χ3n) is 2.48. The fourth-order valence-electron chi connectivity index (χ4n) is 1.67. The van der Waals surface area contributed by atoms with E-state index in [9.17, 15) is 0 Å². The van der Waals surface area contributed by atoms with Crippen LogP contribution in [0.25, 0.3) is 0 Å². The topological polar surface area (TPSA) is 55.9 Å². The van der Waals surface area contributed by atoms with Crippen molar-refractivity contribution in [3.05, 3.63) is 41.7 Å². The van der Waals surface area contributed by atoms with Gasteiger partial charge in [0.05, 0.1) is 5.69 Å². The molecule has 0 unspecified atom stereocenters. The second-order valence-electron chi connectivity index (χ2n) is 3.89. The molecule has 0 saturated carbocycles. The molecule has 0 bridgehead atoms. The zero-order valence-corrected chi connectivity index (χ0v) is 9.57. The van der Waals surface area contributed by atoms with Gasteiger partial charge in [0, 0.05) is 36.7 Å². The highest BCUT2D eigenvalue weighted by Crippen LogP contribution is 2.14. The van der Waals surface area contributed by atoms with E-state index >= 15 is 0 Å². The molecule has 16 heavy (non-hydrogen) atoms. The third kappa shape index (κ3) is 2.34. The molecule has 3 N–H and O–H groups in total. The zero-order chi connectivity index (χ0) is 11.5. The molecule has 2 rings (SSSR count). The molecule has 84 valence electrons. The number of rotatable bonds is 3. The highest BCUT2D eigenvalue weighted by Gasteiger charge is 2.02. The molecular weight excluding hydrogens is 200 g/mol.